The van der Waals surface area contributed by atoms with Crippen LogP contribution in [-0.4, -0.2) is 63.5 Å². The Hall–Kier alpha value is -2.57. The van der Waals surface area contributed by atoms with Crippen LogP contribution >= 0.6 is 0 Å². The van der Waals surface area contributed by atoms with Crippen molar-refractivity contribution in [3.8, 4) is 17.1 Å². The van der Waals surface area contributed by atoms with Crippen molar-refractivity contribution in [1.82, 2.24) is 29.0 Å². The molecular weight excluding hydrogens is 460 g/mol. The number of ether oxygens (including phenoxy) is 1. The first-order valence-electron chi connectivity index (χ1n) is 11.6. The summed E-state index contributed by atoms with van der Waals surface area (Å²) >= 11 is 0. The lowest BCUT2D eigenvalue weighted by Gasteiger charge is -2.27. The highest BCUT2D eigenvalue weighted by atomic mass is 32.2. The molecule has 2 N–H and O–H groups in total. The van der Waals surface area contributed by atoms with Crippen LogP contribution in [0.3, 0.4) is 0 Å². The molecule has 0 spiro atoms. The van der Waals surface area contributed by atoms with Gasteiger partial charge in [0.25, 0.3) is 10.2 Å². The number of rotatable bonds is 11. The molecule has 0 saturated heterocycles. The fraction of sp³-hybridized carbons (Fsp3) is 0.636. The average molecular weight is 495 g/mol. The number of carboxylic acid groups (broad SMARTS) is 1. The number of carbonyl (C=O) groups is 1. The number of aliphatic carboxylic acids is 1. The zero-order valence-corrected chi connectivity index (χ0v) is 21.0. The normalized spacial score (nSPS) is 18.9. The molecule has 0 radical (unpaired) electrons. The van der Waals surface area contributed by atoms with Gasteiger partial charge in [-0.05, 0) is 51.2 Å². The van der Waals surface area contributed by atoms with Crippen LogP contribution in [-0.2, 0) is 28.6 Å². The van der Waals surface area contributed by atoms with E-state index < -0.39 is 16.2 Å². The van der Waals surface area contributed by atoms with Gasteiger partial charge in [0.2, 0.25) is 0 Å². The molecule has 11 nitrogen and oxygen atoms in total. The number of aromatic nitrogens is 4. The zero-order chi connectivity index (χ0) is 24.9. The standard InChI is InChI=1S/C22H34N6O5S/c1-5-6-12-27(3)34(31,32)23-14-19-21(25-26-28(19)4)18-10-11-20(15(2)24-18)33-17-9-7-8-16(13-17)22(29)30/h10-11,16-17,23H,5-9,12-14H2,1-4H3,(H,29,30)/t16?,17-/m0/s1. The lowest BCUT2D eigenvalue weighted by molar-refractivity contribution is -0.143. The van der Waals surface area contributed by atoms with E-state index in [0.717, 1.165) is 25.7 Å². The Morgan fingerprint density at radius 2 is 2.12 bits per heavy atom. The van der Waals surface area contributed by atoms with E-state index >= 15 is 0 Å². The first kappa shape index (κ1) is 26.0. The zero-order valence-electron chi connectivity index (χ0n) is 20.2. The Bertz CT molecular complexity index is 1100. The molecule has 2 aromatic rings. The van der Waals surface area contributed by atoms with Crippen molar-refractivity contribution in [2.75, 3.05) is 13.6 Å². The lowest BCUT2D eigenvalue weighted by atomic mass is 9.87. The fourth-order valence-corrected chi connectivity index (χ4v) is 4.91. The molecular formula is C22H34N6O5S. The van der Waals surface area contributed by atoms with Gasteiger partial charge < -0.3 is 9.84 Å². The van der Waals surface area contributed by atoms with Crippen molar-refractivity contribution in [3.63, 3.8) is 0 Å². The van der Waals surface area contributed by atoms with Gasteiger partial charge in [0.05, 0.1) is 35.6 Å². The average Bonchev–Trinajstić information content (AvgIpc) is 3.17. The number of hydrogen-bond donors (Lipinski definition) is 2. The number of hydrogen-bond acceptors (Lipinski definition) is 7. The van der Waals surface area contributed by atoms with Gasteiger partial charge in [-0.15, -0.1) is 5.10 Å². The summed E-state index contributed by atoms with van der Waals surface area (Å²) in [5, 5.41) is 17.5. The fourth-order valence-electron chi connectivity index (χ4n) is 4.01. The largest absolute Gasteiger partial charge is 0.489 e. The van der Waals surface area contributed by atoms with Gasteiger partial charge in [-0.1, -0.05) is 18.6 Å². The third-order valence-corrected chi connectivity index (χ3v) is 7.66. The van der Waals surface area contributed by atoms with Crippen molar-refractivity contribution in [3.05, 3.63) is 23.5 Å². The third-order valence-electron chi connectivity index (χ3n) is 6.15. The molecule has 0 aliphatic heterocycles. The lowest BCUT2D eigenvalue weighted by Crippen LogP contribution is -2.38. The highest BCUT2D eigenvalue weighted by Gasteiger charge is 2.28. The van der Waals surface area contributed by atoms with Crippen LogP contribution in [0, 0.1) is 12.8 Å². The van der Waals surface area contributed by atoms with Gasteiger partial charge in [0.1, 0.15) is 11.4 Å². The second-order valence-corrected chi connectivity index (χ2v) is 10.6. The Kier molecular flexibility index (Phi) is 8.61. The summed E-state index contributed by atoms with van der Waals surface area (Å²) < 4.78 is 36.6. The first-order chi connectivity index (χ1) is 16.1. The predicted molar refractivity (Wildman–Crippen MR) is 126 cm³/mol. The van der Waals surface area contributed by atoms with Gasteiger partial charge in [0.15, 0.2) is 0 Å². The van der Waals surface area contributed by atoms with E-state index in [4.69, 9.17) is 4.74 Å². The molecule has 2 aromatic heterocycles. The van der Waals surface area contributed by atoms with E-state index in [2.05, 4.69) is 20.0 Å². The summed E-state index contributed by atoms with van der Waals surface area (Å²) in [5.41, 5.74) is 2.27. The van der Waals surface area contributed by atoms with Crippen LogP contribution in [0.5, 0.6) is 5.75 Å². The predicted octanol–water partition coefficient (Wildman–Crippen LogP) is 2.27. The summed E-state index contributed by atoms with van der Waals surface area (Å²) in [5.74, 6) is -0.553. The summed E-state index contributed by atoms with van der Waals surface area (Å²) in [4.78, 5) is 15.9. The summed E-state index contributed by atoms with van der Waals surface area (Å²) in [6.45, 7) is 4.29. The Morgan fingerprint density at radius 1 is 1.35 bits per heavy atom. The highest BCUT2D eigenvalue weighted by molar-refractivity contribution is 7.87. The minimum absolute atomic E-state index is 0.0231. The topological polar surface area (TPSA) is 140 Å². The molecule has 188 valence electrons. The Balaban J connectivity index is 1.72. The van der Waals surface area contributed by atoms with E-state index in [1.54, 1.807) is 26.2 Å². The molecule has 1 aliphatic rings. The van der Waals surface area contributed by atoms with Gasteiger partial charge in [-0.3, -0.25) is 9.48 Å². The second-order valence-electron chi connectivity index (χ2n) is 8.73. The summed E-state index contributed by atoms with van der Waals surface area (Å²) in [7, 11) is -0.382. The van der Waals surface area contributed by atoms with Gasteiger partial charge in [-0.25, -0.2) is 4.98 Å². The molecule has 34 heavy (non-hydrogen) atoms. The van der Waals surface area contributed by atoms with E-state index in [9.17, 15) is 18.3 Å². The van der Waals surface area contributed by atoms with E-state index in [1.807, 2.05) is 13.8 Å². The SMILES string of the molecule is CCCCN(C)S(=O)(=O)NCc1c(-c2ccc(O[C@H]3CCCC(C(=O)O)C3)c(C)n2)nnn1C. The van der Waals surface area contributed by atoms with Crippen LogP contribution in [0.15, 0.2) is 12.1 Å². The Morgan fingerprint density at radius 3 is 2.79 bits per heavy atom. The quantitative estimate of drug-likeness (QED) is 0.485. The monoisotopic (exact) mass is 494 g/mol. The number of carboxylic acids is 1. The van der Waals surface area contributed by atoms with Crippen molar-refractivity contribution in [2.45, 2.75) is 65.0 Å². The van der Waals surface area contributed by atoms with Crippen LogP contribution < -0.4 is 9.46 Å². The molecule has 2 heterocycles. The minimum atomic E-state index is -3.63. The molecule has 3 rings (SSSR count). The van der Waals surface area contributed by atoms with E-state index in [1.165, 1.54) is 8.99 Å². The minimum Gasteiger partial charge on any atom is -0.489 e. The molecule has 1 unspecified atom stereocenters. The molecule has 2 atom stereocenters. The van der Waals surface area contributed by atoms with E-state index in [0.29, 0.717) is 47.9 Å². The Labute approximate surface area is 200 Å². The van der Waals surface area contributed by atoms with Gasteiger partial charge in [-0.2, -0.15) is 17.4 Å². The van der Waals surface area contributed by atoms with Crippen LogP contribution in [0.1, 0.15) is 56.8 Å². The number of nitrogens with one attached hydrogen (secondary N) is 1. The smallest absolute Gasteiger partial charge is 0.306 e. The third kappa shape index (κ3) is 6.30. The van der Waals surface area contributed by atoms with Crippen LogP contribution in [0.4, 0.5) is 0 Å². The summed E-state index contributed by atoms with van der Waals surface area (Å²) in [6, 6.07) is 3.55. The maximum atomic E-state index is 12.5. The maximum absolute atomic E-state index is 12.5. The molecule has 1 fully saturated rings. The van der Waals surface area contributed by atoms with Crippen molar-refractivity contribution < 1.29 is 23.1 Å². The second kappa shape index (κ2) is 11.2. The molecule has 0 aromatic carbocycles. The number of nitrogens with zero attached hydrogens (tertiary/aromatic N) is 5. The van der Waals surface area contributed by atoms with Crippen molar-refractivity contribution >= 4 is 16.2 Å². The maximum Gasteiger partial charge on any atom is 0.306 e. The number of pyridine rings is 1. The van der Waals surface area contributed by atoms with Gasteiger partial charge >= 0.3 is 5.97 Å². The number of unbranched alkanes of at least 4 members (excludes halogenated alkanes) is 1. The first-order valence-corrected chi connectivity index (χ1v) is 13.0. The van der Waals surface area contributed by atoms with Crippen molar-refractivity contribution in [1.29, 1.82) is 0 Å². The van der Waals surface area contributed by atoms with Crippen LogP contribution in [0.2, 0.25) is 0 Å². The summed E-state index contributed by atoms with van der Waals surface area (Å²) in [6.07, 6.45) is 4.32. The molecule has 1 aliphatic carbocycles. The molecule has 12 heteroatoms. The molecule has 0 amide bonds. The molecule has 0 bridgehead atoms. The van der Waals surface area contributed by atoms with Crippen molar-refractivity contribution in [2.24, 2.45) is 13.0 Å². The molecule has 1 saturated carbocycles. The van der Waals surface area contributed by atoms with E-state index in [-0.39, 0.29) is 18.6 Å². The number of aryl methyl sites for hydroxylation is 2. The highest BCUT2D eigenvalue weighted by Crippen LogP contribution is 2.30. The van der Waals surface area contributed by atoms with Gasteiger partial charge in [0, 0.05) is 20.6 Å². The van der Waals surface area contributed by atoms with Crippen LogP contribution in [0.25, 0.3) is 11.4 Å².